The van der Waals surface area contributed by atoms with Crippen molar-refractivity contribution in [1.29, 1.82) is 0 Å². The van der Waals surface area contributed by atoms with Gasteiger partial charge in [-0.05, 0) is 50.5 Å². The summed E-state index contributed by atoms with van der Waals surface area (Å²) >= 11 is 0. The summed E-state index contributed by atoms with van der Waals surface area (Å²) < 4.78 is 47.9. The van der Waals surface area contributed by atoms with Crippen LogP contribution in [0.4, 0.5) is 19.0 Å². The molecule has 0 saturated carbocycles. The lowest BCUT2D eigenvalue weighted by atomic mass is 9.93. The van der Waals surface area contributed by atoms with Crippen LogP contribution in [0.2, 0.25) is 0 Å². The average Bonchev–Trinajstić information content (AvgIpc) is 3.60. The Morgan fingerprint density at radius 2 is 1.89 bits per heavy atom. The van der Waals surface area contributed by atoms with Crippen LogP contribution >= 0.6 is 0 Å². The van der Waals surface area contributed by atoms with Crippen LogP contribution in [-0.2, 0) is 39.3 Å². The molecule has 45 heavy (non-hydrogen) atoms. The van der Waals surface area contributed by atoms with Crippen LogP contribution in [0.1, 0.15) is 49.7 Å². The number of benzene rings is 2. The molecule has 0 saturated heterocycles. The second-order valence-electron chi connectivity index (χ2n) is 10.7. The molecule has 3 aromatic rings. The van der Waals surface area contributed by atoms with E-state index in [0.29, 0.717) is 38.3 Å². The molecule has 4 rings (SSSR count). The van der Waals surface area contributed by atoms with Gasteiger partial charge < -0.3 is 19.7 Å². The Hall–Kier alpha value is -4.55. The second kappa shape index (κ2) is 14.5. The maximum atomic E-state index is 13.5. The zero-order valence-corrected chi connectivity index (χ0v) is 25.3. The Labute approximate surface area is 259 Å². The molecule has 2 N–H and O–H groups in total. The van der Waals surface area contributed by atoms with Gasteiger partial charge in [0.1, 0.15) is 17.1 Å². The normalized spacial score (nSPS) is 16.3. The number of halogens is 3. The lowest BCUT2D eigenvalue weighted by molar-refractivity contribution is -0.137. The van der Waals surface area contributed by atoms with E-state index in [4.69, 9.17) is 4.74 Å². The molecule has 9 nitrogen and oxygen atoms in total. The maximum Gasteiger partial charge on any atom is 0.416 e. The Bertz CT molecular complexity index is 1580. The predicted octanol–water partition coefficient (Wildman–Crippen LogP) is 5.35. The van der Waals surface area contributed by atoms with Crippen molar-refractivity contribution in [2.45, 2.75) is 52.1 Å². The van der Waals surface area contributed by atoms with Crippen molar-refractivity contribution < 1.29 is 32.6 Å². The number of alkyl halides is 3. The lowest BCUT2D eigenvalue weighted by Gasteiger charge is -2.25. The SMILES string of the molecule is CC=N/C(=C\C)C(=O)NC1=CC1CN(C=O)c1cn(CCCOCc2ccccc2)c(C(C)(O)c2cccc(C(F)(F)F)c2)n1. The summed E-state index contributed by atoms with van der Waals surface area (Å²) in [5, 5.41) is 14.4. The highest BCUT2D eigenvalue weighted by molar-refractivity contribution is 5.95. The number of allylic oxidation sites excluding steroid dienone is 1. The molecule has 0 aliphatic heterocycles. The third-order valence-electron chi connectivity index (χ3n) is 7.27. The fraction of sp³-hybridized carbons (Fsp3) is 0.333. The highest BCUT2D eigenvalue weighted by Gasteiger charge is 2.37. The molecule has 1 aliphatic carbocycles. The fourth-order valence-corrected chi connectivity index (χ4v) is 4.78. The summed E-state index contributed by atoms with van der Waals surface area (Å²) in [4.78, 5) is 34.5. The number of nitrogens with zero attached hydrogens (tertiary/aromatic N) is 4. The van der Waals surface area contributed by atoms with E-state index in [1.165, 1.54) is 30.2 Å². The second-order valence-corrected chi connectivity index (χ2v) is 10.7. The summed E-state index contributed by atoms with van der Waals surface area (Å²) in [6, 6.07) is 14.1. The Balaban J connectivity index is 1.52. The van der Waals surface area contributed by atoms with Gasteiger partial charge in [0.05, 0.1) is 12.2 Å². The third kappa shape index (κ3) is 8.55. The molecule has 0 bridgehead atoms. The maximum absolute atomic E-state index is 13.5. The number of aromatic nitrogens is 2. The van der Waals surface area contributed by atoms with Gasteiger partial charge in [-0.3, -0.25) is 19.5 Å². The minimum Gasteiger partial charge on any atom is -0.377 e. The van der Waals surface area contributed by atoms with Gasteiger partial charge in [0.15, 0.2) is 5.82 Å². The minimum atomic E-state index is -4.60. The number of nitrogens with one attached hydrogen (secondary N) is 1. The molecular weight excluding hydrogens is 587 g/mol. The van der Waals surface area contributed by atoms with Gasteiger partial charge in [0.2, 0.25) is 6.41 Å². The van der Waals surface area contributed by atoms with Gasteiger partial charge in [0, 0.05) is 43.7 Å². The molecule has 12 heteroatoms. The lowest BCUT2D eigenvalue weighted by Crippen LogP contribution is -2.29. The molecule has 2 atom stereocenters. The van der Waals surface area contributed by atoms with E-state index in [0.717, 1.165) is 17.7 Å². The first-order valence-electron chi connectivity index (χ1n) is 14.5. The molecule has 2 amide bonds. The molecule has 0 fully saturated rings. The van der Waals surface area contributed by atoms with Crippen molar-refractivity contribution in [2.24, 2.45) is 10.9 Å². The van der Waals surface area contributed by atoms with Crippen LogP contribution in [0.3, 0.4) is 0 Å². The molecular formula is C33H36F3N5O4. The third-order valence-corrected chi connectivity index (χ3v) is 7.27. The van der Waals surface area contributed by atoms with Crippen molar-refractivity contribution in [3.05, 3.63) is 107 Å². The number of carbonyl (C=O) groups is 2. The monoisotopic (exact) mass is 623 g/mol. The van der Waals surface area contributed by atoms with Crippen molar-refractivity contribution in [3.63, 3.8) is 0 Å². The summed E-state index contributed by atoms with van der Waals surface area (Å²) in [6.07, 6.45) is 2.96. The molecule has 2 aromatic carbocycles. The molecule has 1 heterocycles. The quantitative estimate of drug-likeness (QED) is 0.103. The van der Waals surface area contributed by atoms with E-state index in [9.17, 15) is 27.9 Å². The summed E-state index contributed by atoms with van der Waals surface area (Å²) in [5.74, 6) is -0.348. The first-order valence-corrected chi connectivity index (χ1v) is 14.5. The number of carbonyl (C=O) groups excluding carboxylic acids is 2. The minimum absolute atomic E-state index is 0.00270. The molecule has 1 aliphatic rings. The van der Waals surface area contributed by atoms with Crippen molar-refractivity contribution in [3.8, 4) is 0 Å². The van der Waals surface area contributed by atoms with Crippen molar-refractivity contribution in [1.82, 2.24) is 14.9 Å². The predicted molar refractivity (Wildman–Crippen MR) is 164 cm³/mol. The van der Waals surface area contributed by atoms with E-state index in [1.54, 1.807) is 36.8 Å². The van der Waals surface area contributed by atoms with Crippen LogP contribution in [0.5, 0.6) is 0 Å². The van der Waals surface area contributed by atoms with Gasteiger partial charge in [-0.1, -0.05) is 54.6 Å². The van der Waals surface area contributed by atoms with E-state index < -0.39 is 17.3 Å². The number of imidazole rings is 1. The standard InChI is InChI=1S/C33H36F3N5O4/c1-4-27(37-5-2)30(43)38-28-17-24(28)19-41(22-42)29-20-40(15-10-16-45-21-23-11-7-6-8-12-23)31(39-29)32(3,44)25-13-9-14-26(18-25)33(34,35)36/h4-9,11-14,17-18,20,22,24,44H,10,15-16,19,21H2,1-3H3,(H,38,43)/b27-4-,37-5?. The van der Waals surface area contributed by atoms with Crippen molar-refractivity contribution in [2.75, 3.05) is 18.1 Å². The molecule has 0 spiro atoms. The number of hydrogen-bond acceptors (Lipinski definition) is 6. The van der Waals surface area contributed by atoms with Gasteiger partial charge in [-0.25, -0.2) is 4.98 Å². The molecule has 2 unspecified atom stereocenters. The number of anilines is 1. The molecule has 0 radical (unpaired) electrons. The number of aliphatic imine (C=N–C) groups is 1. The number of amides is 2. The molecule has 238 valence electrons. The van der Waals surface area contributed by atoms with Gasteiger partial charge in [-0.2, -0.15) is 13.2 Å². The molecule has 1 aromatic heterocycles. The van der Waals surface area contributed by atoms with E-state index >= 15 is 0 Å². The summed E-state index contributed by atoms with van der Waals surface area (Å²) in [6.45, 7) is 6.03. The summed E-state index contributed by atoms with van der Waals surface area (Å²) in [7, 11) is 0. The Kier molecular flexibility index (Phi) is 10.7. The van der Waals surface area contributed by atoms with Crippen LogP contribution in [0.25, 0.3) is 0 Å². The fourth-order valence-electron chi connectivity index (χ4n) is 4.78. The number of aliphatic hydroxyl groups is 1. The van der Waals surface area contributed by atoms with E-state index in [-0.39, 0.29) is 41.3 Å². The Morgan fingerprint density at radius 1 is 1.16 bits per heavy atom. The number of ether oxygens (including phenoxy) is 1. The van der Waals surface area contributed by atoms with Gasteiger partial charge >= 0.3 is 6.18 Å². The van der Waals surface area contributed by atoms with Crippen LogP contribution in [0, 0.1) is 5.92 Å². The first kappa shape index (κ1) is 33.3. The van der Waals surface area contributed by atoms with Gasteiger partial charge in [0.25, 0.3) is 5.91 Å². The van der Waals surface area contributed by atoms with E-state index in [1.807, 2.05) is 30.3 Å². The zero-order chi connectivity index (χ0) is 32.6. The number of aryl methyl sites for hydroxylation is 1. The smallest absolute Gasteiger partial charge is 0.377 e. The largest absolute Gasteiger partial charge is 0.416 e. The number of rotatable bonds is 15. The van der Waals surface area contributed by atoms with Crippen molar-refractivity contribution >= 4 is 24.3 Å². The highest BCUT2D eigenvalue weighted by atomic mass is 19.4. The number of hydrogen-bond donors (Lipinski definition) is 2. The highest BCUT2D eigenvalue weighted by Crippen LogP contribution is 2.36. The van der Waals surface area contributed by atoms with Crippen LogP contribution < -0.4 is 10.2 Å². The topological polar surface area (TPSA) is 109 Å². The zero-order valence-electron chi connectivity index (χ0n) is 25.3. The van der Waals surface area contributed by atoms with Crippen LogP contribution in [-0.4, -0.2) is 46.3 Å². The Morgan fingerprint density at radius 3 is 2.56 bits per heavy atom. The average molecular weight is 624 g/mol. The van der Waals surface area contributed by atoms with Gasteiger partial charge in [-0.15, -0.1) is 0 Å². The first-order chi connectivity index (χ1) is 21.5. The summed E-state index contributed by atoms with van der Waals surface area (Å²) in [5.41, 5.74) is -0.937. The van der Waals surface area contributed by atoms with E-state index in [2.05, 4.69) is 15.3 Å². The van der Waals surface area contributed by atoms with Crippen LogP contribution in [0.15, 0.2) is 89.3 Å².